The number of fused-ring (bicyclic) bond motifs is 1. The van der Waals surface area contributed by atoms with Crippen molar-refractivity contribution in [1.82, 2.24) is 19.7 Å². The van der Waals surface area contributed by atoms with Crippen LogP contribution >= 0.6 is 0 Å². The van der Waals surface area contributed by atoms with Gasteiger partial charge in [-0.1, -0.05) is 20.8 Å². The van der Waals surface area contributed by atoms with Crippen LogP contribution in [0.15, 0.2) is 29.3 Å². The molecular weight excluding hydrogens is 500 g/mol. The summed E-state index contributed by atoms with van der Waals surface area (Å²) in [6.07, 6.45) is 4.28. The third kappa shape index (κ3) is 6.61. The van der Waals surface area contributed by atoms with E-state index in [-0.39, 0.29) is 29.7 Å². The second kappa shape index (κ2) is 11.5. The van der Waals surface area contributed by atoms with E-state index in [1.165, 1.54) is 44.8 Å². The van der Waals surface area contributed by atoms with Crippen molar-refractivity contribution < 1.29 is 19.5 Å². The number of imide groups is 1. The number of nitrogens with zero attached hydrogens (tertiary/aromatic N) is 3. The van der Waals surface area contributed by atoms with Crippen LogP contribution in [0.1, 0.15) is 58.6 Å². The highest BCUT2D eigenvalue weighted by Crippen LogP contribution is 2.36. The van der Waals surface area contributed by atoms with Gasteiger partial charge in [0.05, 0.1) is 5.52 Å². The molecule has 3 heterocycles. The Kier molecular flexibility index (Phi) is 8.57. The first-order valence-corrected chi connectivity index (χ1v) is 14.5. The summed E-state index contributed by atoms with van der Waals surface area (Å²) in [6, 6.07) is 3.86. The molecule has 8 nitrogen and oxygen atoms in total. The Labute approximate surface area is 229 Å². The largest absolute Gasteiger partial charge is 0.508 e. The molecule has 9 heteroatoms. The van der Waals surface area contributed by atoms with Gasteiger partial charge >= 0.3 is 0 Å². The SMILES string of the molecule is CC(C)[SH+]c1[nH]c2c(CN3CCN(C(=O)CCCN4C(=O)C=CC4=O)CC3)c(O)ccc2c1CC(C)(C)C. The lowest BCUT2D eigenvalue weighted by atomic mass is 9.88. The van der Waals surface area contributed by atoms with Crippen molar-refractivity contribution in [3.63, 3.8) is 0 Å². The zero-order valence-electron chi connectivity index (χ0n) is 23.2. The van der Waals surface area contributed by atoms with Gasteiger partial charge in [0.15, 0.2) is 0 Å². The van der Waals surface area contributed by atoms with E-state index in [1.54, 1.807) is 0 Å². The van der Waals surface area contributed by atoms with Crippen molar-refractivity contribution in [3.05, 3.63) is 35.4 Å². The molecule has 0 unspecified atom stereocenters. The second-order valence-corrected chi connectivity index (χ2v) is 13.6. The van der Waals surface area contributed by atoms with E-state index in [0.717, 1.165) is 30.6 Å². The summed E-state index contributed by atoms with van der Waals surface area (Å²) in [7, 11) is 0. The predicted molar refractivity (Wildman–Crippen MR) is 152 cm³/mol. The monoisotopic (exact) mass is 541 g/mol. The molecular formula is C29H41N4O4S+. The molecule has 0 bridgehead atoms. The Morgan fingerprint density at radius 1 is 1.05 bits per heavy atom. The summed E-state index contributed by atoms with van der Waals surface area (Å²) >= 11 is 1.26. The summed E-state index contributed by atoms with van der Waals surface area (Å²) in [5.74, 6) is -0.265. The Morgan fingerprint density at radius 2 is 1.71 bits per heavy atom. The number of phenolic OH excluding ortho intramolecular Hbond substituents is 1. The molecule has 3 amide bonds. The lowest BCUT2D eigenvalue weighted by Crippen LogP contribution is -2.48. The van der Waals surface area contributed by atoms with Crippen molar-refractivity contribution in [3.8, 4) is 5.75 Å². The number of benzene rings is 1. The fraction of sp³-hybridized carbons (Fsp3) is 0.552. The molecule has 206 valence electrons. The zero-order chi connectivity index (χ0) is 27.6. The van der Waals surface area contributed by atoms with Crippen LogP contribution in [0, 0.1) is 5.41 Å². The summed E-state index contributed by atoms with van der Waals surface area (Å²) in [5, 5.41) is 13.8. The topological polar surface area (TPSA) is 97.0 Å². The molecule has 0 saturated carbocycles. The highest BCUT2D eigenvalue weighted by atomic mass is 32.2. The molecule has 1 fully saturated rings. The van der Waals surface area contributed by atoms with E-state index in [4.69, 9.17) is 0 Å². The fourth-order valence-electron chi connectivity index (χ4n) is 5.17. The molecule has 2 aliphatic rings. The number of amides is 3. The third-order valence-electron chi connectivity index (χ3n) is 7.02. The van der Waals surface area contributed by atoms with Gasteiger partial charge < -0.3 is 15.0 Å². The molecule has 1 aromatic carbocycles. The first-order valence-electron chi connectivity index (χ1n) is 13.5. The van der Waals surface area contributed by atoms with Crippen LogP contribution in [-0.2, 0) is 39.1 Å². The number of carbonyl (C=O) groups is 3. The van der Waals surface area contributed by atoms with Gasteiger partial charge in [-0.3, -0.25) is 24.2 Å². The van der Waals surface area contributed by atoms with Gasteiger partial charge in [-0.2, -0.15) is 0 Å². The van der Waals surface area contributed by atoms with Crippen molar-refractivity contribution in [2.75, 3.05) is 32.7 Å². The van der Waals surface area contributed by atoms with Crippen LogP contribution in [0.3, 0.4) is 0 Å². The number of thiol groups is 1. The van der Waals surface area contributed by atoms with Crippen LogP contribution < -0.4 is 0 Å². The average Bonchev–Trinajstić information content (AvgIpc) is 3.33. The molecule has 4 rings (SSSR count). The summed E-state index contributed by atoms with van der Waals surface area (Å²) in [5.41, 5.74) is 3.42. The van der Waals surface area contributed by atoms with Crippen molar-refractivity contribution in [2.45, 2.75) is 70.7 Å². The standard InChI is InChI=1S/C29H40N4O4S/c1-19(2)38-28-21(17-29(3,4)5)20-8-9-23(34)22(27(20)30-28)18-31-13-15-32(16-14-31)24(35)7-6-12-33-25(36)10-11-26(33)37/h8-11,19,30,34H,6-7,12-18H2,1-5H3/p+1. The fourth-order valence-corrected chi connectivity index (χ4v) is 6.22. The number of rotatable bonds is 9. The second-order valence-electron chi connectivity index (χ2n) is 11.8. The number of hydrogen-bond acceptors (Lipinski definition) is 5. The van der Waals surface area contributed by atoms with Crippen molar-refractivity contribution in [2.24, 2.45) is 5.41 Å². The Hall–Kier alpha value is -2.78. The number of nitrogens with one attached hydrogen (secondary N) is 1. The van der Waals surface area contributed by atoms with Crippen LogP contribution in [-0.4, -0.2) is 80.5 Å². The van der Waals surface area contributed by atoms with Gasteiger partial charge in [-0.25, -0.2) is 0 Å². The number of aromatic nitrogens is 1. The zero-order valence-corrected chi connectivity index (χ0v) is 24.1. The molecule has 2 aromatic rings. The van der Waals surface area contributed by atoms with Gasteiger partial charge in [0.25, 0.3) is 11.8 Å². The smallest absolute Gasteiger partial charge is 0.253 e. The van der Waals surface area contributed by atoms with E-state index < -0.39 is 0 Å². The van der Waals surface area contributed by atoms with Crippen LogP contribution in [0.5, 0.6) is 5.75 Å². The Morgan fingerprint density at radius 3 is 2.32 bits per heavy atom. The van der Waals surface area contributed by atoms with Gasteiger partial charge in [-0.15, -0.1) is 0 Å². The number of carbonyl (C=O) groups excluding carboxylic acids is 3. The molecule has 2 aliphatic heterocycles. The Bertz CT molecular complexity index is 1220. The number of aromatic amines is 1. The lowest BCUT2D eigenvalue weighted by molar-refractivity contribution is -0.138. The van der Waals surface area contributed by atoms with E-state index in [2.05, 4.69) is 44.5 Å². The summed E-state index contributed by atoms with van der Waals surface area (Å²) in [4.78, 5) is 45.1. The molecule has 2 N–H and O–H groups in total. The van der Waals surface area contributed by atoms with Crippen LogP contribution in [0.2, 0.25) is 0 Å². The van der Waals surface area contributed by atoms with Gasteiger partial charge in [0, 0.05) is 86.1 Å². The molecule has 0 spiro atoms. The third-order valence-corrected chi connectivity index (χ3v) is 8.17. The van der Waals surface area contributed by atoms with Gasteiger partial charge in [-0.05, 0) is 44.2 Å². The predicted octanol–water partition coefficient (Wildman–Crippen LogP) is 3.39. The number of piperazine rings is 1. The van der Waals surface area contributed by atoms with E-state index >= 15 is 0 Å². The molecule has 0 radical (unpaired) electrons. The number of hydrogen-bond donors (Lipinski definition) is 2. The van der Waals surface area contributed by atoms with Crippen LogP contribution in [0.25, 0.3) is 10.9 Å². The normalized spacial score (nSPS) is 17.0. The quantitative estimate of drug-likeness (QED) is 0.288. The molecule has 0 aliphatic carbocycles. The molecule has 1 aromatic heterocycles. The molecule has 0 atom stereocenters. The first-order chi connectivity index (χ1) is 17.9. The van der Waals surface area contributed by atoms with Crippen molar-refractivity contribution in [1.29, 1.82) is 0 Å². The van der Waals surface area contributed by atoms with E-state index in [0.29, 0.717) is 43.5 Å². The maximum atomic E-state index is 12.7. The van der Waals surface area contributed by atoms with Gasteiger partial charge in [0.1, 0.15) is 11.0 Å². The highest BCUT2D eigenvalue weighted by molar-refractivity contribution is 7.79. The number of phenols is 1. The summed E-state index contributed by atoms with van der Waals surface area (Å²) in [6.45, 7) is 14.8. The molecule has 38 heavy (non-hydrogen) atoms. The lowest BCUT2D eigenvalue weighted by Gasteiger charge is -2.35. The summed E-state index contributed by atoms with van der Waals surface area (Å²) < 4.78 is 0. The minimum Gasteiger partial charge on any atom is -0.508 e. The van der Waals surface area contributed by atoms with E-state index in [9.17, 15) is 19.5 Å². The maximum Gasteiger partial charge on any atom is 0.253 e. The minimum atomic E-state index is -0.308. The van der Waals surface area contributed by atoms with E-state index in [1.807, 2.05) is 17.0 Å². The number of H-pyrrole nitrogens is 1. The minimum absolute atomic E-state index is 0.0511. The van der Waals surface area contributed by atoms with Crippen LogP contribution in [0.4, 0.5) is 0 Å². The number of aromatic hydroxyl groups is 1. The van der Waals surface area contributed by atoms with Gasteiger partial charge in [0.2, 0.25) is 10.9 Å². The first kappa shape index (κ1) is 28.2. The molecule has 1 saturated heterocycles. The Balaban J connectivity index is 1.39. The van der Waals surface area contributed by atoms with Crippen molar-refractivity contribution >= 4 is 40.4 Å². The average molecular weight is 542 g/mol. The highest BCUT2D eigenvalue weighted by Gasteiger charge is 2.28. The maximum absolute atomic E-state index is 12.7.